The van der Waals surface area contributed by atoms with E-state index in [0.717, 1.165) is 6.20 Å². The highest BCUT2D eigenvalue weighted by Gasteiger charge is 2.52. The Morgan fingerprint density at radius 1 is 1.21 bits per heavy atom. The molecule has 1 heterocycles. The molecule has 1 rings (SSSR count). The van der Waals surface area contributed by atoms with Crippen molar-refractivity contribution >= 4 is 0 Å². The van der Waals surface area contributed by atoms with Crippen LogP contribution < -0.4 is 0 Å². The molecular weight excluding hydrogens is 197 g/mol. The van der Waals surface area contributed by atoms with E-state index in [4.69, 9.17) is 0 Å². The van der Waals surface area contributed by atoms with Gasteiger partial charge in [-0.3, -0.25) is 9.97 Å². The molecule has 3 nitrogen and oxygen atoms in total. The second-order valence-corrected chi connectivity index (χ2v) is 3.11. The maximum absolute atomic E-state index is 12.3. The van der Waals surface area contributed by atoms with Crippen LogP contribution in [0, 0.1) is 6.92 Å². The zero-order valence-corrected chi connectivity index (χ0v) is 7.63. The third-order valence-electron chi connectivity index (χ3n) is 1.83. The number of nitrogens with zero attached hydrogens (tertiary/aromatic N) is 2. The monoisotopic (exact) mass is 206 g/mol. The lowest BCUT2D eigenvalue weighted by Gasteiger charge is -2.24. The molecule has 78 valence electrons. The molecule has 0 radical (unpaired) electrons. The molecule has 1 N–H and O–H groups in total. The van der Waals surface area contributed by atoms with Gasteiger partial charge in [0.25, 0.3) is 0 Å². The molecule has 0 spiro atoms. The Bertz CT molecular complexity index is 318. The van der Waals surface area contributed by atoms with Crippen molar-refractivity contribution in [1.82, 2.24) is 9.97 Å². The first-order valence-electron chi connectivity index (χ1n) is 3.83. The van der Waals surface area contributed by atoms with Gasteiger partial charge in [-0.25, -0.2) is 0 Å². The molecular formula is C8H9F3N2O. The van der Waals surface area contributed by atoms with Crippen molar-refractivity contribution in [2.75, 3.05) is 0 Å². The summed E-state index contributed by atoms with van der Waals surface area (Å²) < 4.78 is 36.9. The third kappa shape index (κ3) is 1.84. The van der Waals surface area contributed by atoms with Crippen LogP contribution in [0.2, 0.25) is 0 Å². The van der Waals surface area contributed by atoms with Crippen molar-refractivity contribution in [3.8, 4) is 0 Å². The molecule has 1 unspecified atom stereocenters. The van der Waals surface area contributed by atoms with Gasteiger partial charge in [-0.2, -0.15) is 13.2 Å². The molecule has 0 aliphatic heterocycles. The number of hydrogen-bond donors (Lipinski definition) is 1. The maximum atomic E-state index is 12.3. The highest BCUT2D eigenvalue weighted by Crippen LogP contribution is 2.36. The lowest BCUT2D eigenvalue weighted by Crippen LogP contribution is -2.40. The Morgan fingerprint density at radius 2 is 1.79 bits per heavy atom. The van der Waals surface area contributed by atoms with Crippen molar-refractivity contribution in [3.63, 3.8) is 0 Å². The van der Waals surface area contributed by atoms with Gasteiger partial charge < -0.3 is 5.11 Å². The van der Waals surface area contributed by atoms with E-state index in [1.807, 2.05) is 0 Å². The number of hydrogen-bond acceptors (Lipinski definition) is 3. The highest BCUT2D eigenvalue weighted by atomic mass is 19.4. The fraction of sp³-hybridized carbons (Fsp3) is 0.500. The molecule has 14 heavy (non-hydrogen) atoms. The van der Waals surface area contributed by atoms with Crippen molar-refractivity contribution in [2.24, 2.45) is 0 Å². The van der Waals surface area contributed by atoms with Gasteiger partial charge in [-0.1, -0.05) is 0 Å². The molecule has 0 amide bonds. The summed E-state index contributed by atoms with van der Waals surface area (Å²) in [6, 6.07) is 0. The van der Waals surface area contributed by atoms with Gasteiger partial charge in [-0.15, -0.1) is 0 Å². The summed E-state index contributed by atoms with van der Waals surface area (Å²) >= 11 is 0. The molecule has 0 bridgehead atoms. The topological polar surface area (TPSA) is 46.0 Å². The molecule has 0 saturated carbocycles. The minimum Gasteiger partial charge on any atom is -0.375 e. The maximum Gasteiger partial charge on any atom is 0.422 e. The minimum absolute atomic E-state index is 0.492. The van der Waals surface area contributed by atoms with E-state index in [2.05, 4.69) is 9.97 Å². The highest BCUT2D eigenvalue weighted by molar-refractivity contribution is 5.11. The number of halogens is 3. The van der Waals surface area contributed by atoms with Crippen LogP contribution in [0.15, 0.2) is 12.4 Å². The zero-order chi connectivity index (χ0) is 11.0. The summed E-state index contributed by atoms with van der Waals surface area (Å²) in [5.74, 6) is 0. The lowest BCUT2D eigenvalue weighted by molar-refractivity contribution is -0.260. The molecule has 0 aliphatic rings. The standard InChI is InChI=1S/C8H9F3N2O/c1-5-3-13-6(4-12-5)7(2,14)8(9,10)11/h3-4,14H,1-2H3. The lowest BCUT2D eigenvalue weighted by atomic mass is 10.0. The fourth-order valence-corrected chi connectivity index (χ4v) is 0.789. The Morgan fingerprint density at radius 3 is 2.14 bits per heavy atom. The van der Waals surface area contributed by atoms with Crippen LogP contribution in [0.25, 0.3) is 0 Å². The molecule has 0 aromatic carbocycles. The smallest absolute Gasteiger partial charge is 0.375 e. The number of alkyl halides is 3. The van der Waals surface area contributed by atoms with Gasteiger partial charge in [-0.05, 0) is 13.8 Å². The van der Waals surface area contributed by atoms with Crippen LogP contribution in [0.5, 0.6) is 0 Å². The summed E-state index contributed by atoms with van der Waals surface area (Å²) in [4.78, 5) is 7.12. The summed E-state index contributed by atoms with van der Waals surface area (Å²) in [6.07, 6.45) is -2.66. The first-order valence-corrected chi connectivity index (χ1v) is 3.83. The fourth-order valence-electron chi connectivity index (χ4n) is 0.789. The van der Waals surface area contributed by atoms with Gasteiger partial charge in [0, 0.05) is 6.20 Å². The van der Waals surface area contributed by atoms with Gasteiger partial charge in [0.1, 0.15) is 0 Å². The Labute approximate surface area is 78.6 Å². The average Bonchev–Trinajstić information content (AvgIpc) is 2.03. The molecule has 1 aromatic heterocycles. The number of aromatic nitrogens is 2. The summed E-state index contributed by atoms with van der Waals surface area (Å²) in [7, 11) is 0. The van der Waals surface area contributed by atoms with E-state index < -0.39 is 17.5 Å². The predicted molar refractivity (Wildman–Crippen MR) is 42.4 cm³/mol. The van der Waals surface area contributed by atoms with Gasteiger partial charge in [0.05, 0.1) is 17.6 Å². The van der Waals surface area contributed by atoms with Crippen LogP contribution in [0.4, 0.5) is 13.2 Å². The Hall–Kier alpha value is -1.17. The summed E-state index contributed by atoms with van der Waals surface area (Å²) in [6.45, 7) is 2.24. The van der Waals surface area contributed by atoms with E-state index in [-0.39, 0.29) is 0 Å². The molecule has 0 saturated heterocycles. The number of aryl methyl sites for hydroxylation is 1. The quantitative estimate of drug-likeness (QED) is 0.758. The van der Waals surface area contributed by atoms with Crippen LogP contribution in [0.1, 0.15) is 18.3 Å². The molecule has 6 heteroatoms. The number of aliphatic hydroxyl groups is 1. The first kappa shape index (κ1) is 10.9. The van der Waals surface area contributed by atoms with Crippen LogP contribution in [-0.2, 0) is 5.60 Å². The van der Waals surface area contributed by atoms with Crippen LogP contribution in [0.3, 0.4) is 0 Å². The SMILES string of the molecule is Cc1cnc(C(C)(O)C(F)(F)F)cn1. The Balaban J connectivity index is 3.10. The largest absolute Gasteiger partial charge is 0.422 e. The summed E-state index contributed by atoms with van der Waals surface area (Å²) in [5, 5.41) is 9.19. The molecule has 0 fully saturated rings. The van der Waals surface area contributed by atoms with Crippen molar-refractivity contribution in [3.05, 3.63) is 23.8 Å². The minimum atomic E-state index is -4.75. The number of rotatable bonds is 1. The van der Waals surface area contributed by atoms with E-state index in [9.17, 15) is 18.3 Å². The van der Waals surface area contributed by atoms with Crippen LogP contribution >= 0.6 is 0 Å². The van der Waals surface area contributed by atoms with E-state index in [1.165, 1.54) is 6.20 Å². The zero-order valence-electron chi connectivity index (χ0n) is 7.63. The van der Waals surface area contributed by atoms with Crippen molar-refractivity contribution < 1.29 is 18.3 Å². The van der Waals surface area contributed by atoms with E-state index >= 15 is 0 Å². The van der Waals surface area contributed by atoms with Crippen molar-refractivity contribution in [2.45, 2.75) is 25.6 Å². The molecule has 0 aliphatic carbocycles. The normalized spacial score (nSPS) is 16.4. The third-order valence-corrected chi connectivity index (χ3v) is 1.83. The summed E-state index contributed by atoms with van der Waals surface area (Å²) in [5.41, 5.74) is -2.96. The second kappa shape index (κ2) is 3.20. The van der Waals surface area contributed by atoms with E-state index in [1.54, 1.807) is 6.92 Å². The van der Waals surface area contributed by atoms with Crippen LogP contribution in [-0.4, -0.2) is 21.3 Å². The Kier molecular flexibility index (Phi) is 2.49. The van der Waals surface area contributed by atoms with Gasteiger partial charge in [0.15, 0.2) is 0 Å². The second-order valence-electron chi connectivity index (χ2n) is 3.11. The molecule has 1 atom stereocenters. The van der Waals surface area contributed by atoms with Crippen molar-refractivity contribution in [1.29, 1.82) is 0 Å². The van der Waals surface area contributed by atoms with E-state index in [0.29, 0.717) is 12.6 Å². The molecule has 1 aromatic rings. The van der Waals surface area contributed by atoms with Gasteiger partial charge in [0.2, 0.25) is 5.60 Å². The average molecular weight is 206 g/mol. The van der Waals surface area contributed by atoms with Gasteiger partial charge >= 0.3 is 6.18 Å². The first-order chi connectivity index (χ1) is 6.25. The predicted octanol–water partition coefficient (Wildman–Crippen LogP) is 1.55.